The average molecular weight is 470 g/mol. The Morgan fingerprint density at radius 1 is 1.33 bits per heavy atom. The van der Waals surface area contributed by atoms with Crippen LogP contribution in [0.5, 0.6) is 0 Å². The fraction of sp³-hybridized carbons (Fsp3) is 0.217. The summed E-state index contributed by atoms with van der Waals surface area (Å²) in [5.74, 6) is -0.862. The van der Waals surface area contributed by atoms with Crippen molar-refractivity contribution in [2.45, 2.75) is 26.7 Å². The monoisotopic (exact) mass is 469 g/mol. The van der Waals surface area contributed by atoms with Gasteiger partial charge < -0.3 is 15.4 Å². The van der Waals surface area contributed by atoms with Crippen LogP contribution < -0.4 is 10.2 Å². The zero-order valence-corrected chi connectivity index (χ0v) is 18.9. The predicted molar refractivity (Wildman–Crippen MR) is 124 cm³/mol. The molecule has 0 bridgehead atoms. The number of fused-ring (bicyclic) bond motifs is 1. The van der Waals surface area contributed by atoms with E-state index in [0.29, 0.717) is 40.6 Å². The smallest absolute Gasteiger partial charge is 0.303 e. The minimum absolute atomic E-state index is 0.0161. The lowest BCUT2D eigenvalue weighted by atomic mass is 10.0. The highest BCUT2D eigenvalue weighted by atomic mass is 35.5. The van der Waals surface area contributed by atoms with Crippen LogP contribution in [0, 0.1) is 19.7 Å². The molecule has 3 heterocycles. The fourth-order valence-electron chi connectivity index (χ4n) is 3.91. The van der Waals surface area contributed by atoms with Crippen molar-refractivity contribution in [1.82, 2.24) is 15.0 Å². The summed E-state index contributed by atoms with van der Waals surface area (Å²) in [6.45, 7) is 3.76. The van der Waals surface area contributed by atoms with E-state index < -0.39 is 11.8 Å². The van der Waals surface area contributed by atoms with Gasteiger partial charge in [-0.1, -0.05) is 11.6 Å². The third kappa shape index (κ3) is 4.19. The van der Waals surface area contributed by atoms with Gasteiger partial charge in [-0.2, -0.15) is 0 Å². The number of halogens is 2. The number of likely N-dealkylation sites (N-methyl/N-ethyl adjacent to an activating group) is 1. The molecule has 33 heavy (non-hydrogen) atoms. The normalized spacial score (nSPS) is 14.2. The van der Waals surface area contributed by atoms with Crippen LogP contribution in [-0.2, 0) is 16.0 Å². The summed E-state index contributed by atoms with van der Waals surface area (Å²) in [6, 6.07) is 4.19. The number of nitrogens with zero attached hydrogens (tertiary/aromatic N) is 3. The van der Waals surface area contributed by atoms with E-state index in [2.05, 4.69) is 20.3 Å². The highest BCUT2D eigenvalue weighted by Crippen LogP contribution is 2.40. The van der Waals surface area contributed by atoms with Gasteiger partial charge in [0.05, 0.1) is 16.2 Å². The molecule has 0 aliphatic carbocycles. The molecule has 0 fully saturated rings. The van der Waals surface area contributed by atoms with Crippen molar-refractivity contribution in [3.8, 4) is 0 Å². The lowest BCUT2D eigenvalue weighted by molar-refractivity contribution is -0.137. The summed E-state index contributed by atoms with van der Waals surface area (Å²) in [5, 5.41) is 12.1. The van der Waals surface area contributed by atoms with Gasteiger partial charge in [-0.25, -0.2) is 14.4 Å². The zero-order chi connectivity index (χ0) is 23.9. The van der Waals surface area contributed by atoms with Crippen LogP contribution in [0.15, 0.2) is 24.5 Å². The third-order valence-corrected chi connectivity index (χ3v) is 5.93. The number of rotatable bonds is 6. The lowest BCUT2D eigenvalue weighted by Crippen LogP contribution is -2.21. The lowest BCUT2D eigenvalue weighted by Gasteiger charge is -2.11. The van der Waals surface area contributed by atoms with Crippen LogP contribution in [0.2, 0.25) is 5.02 Å². The molecule has 0 unspecified atom stereocenters. The molecule has 0 saturated heterocycles. The first-order chi connectivity index (χ1) is 15.7. The SMILES string of the molecule is Cc1[nH]c(C=C2C(=O)N(C)c3ncnc(Nc4ccc(F)c(Cl)c4)c32)c(C)c1CCC(=O)O. The number of anilines is 3. The van der Waals surface area contributed by atoms with E-state index in [4.69, 9.17) is 16.7 Å². The summed E-state index contributed by atoms with van der Waals surface area (Å²) < 4.78 is 13.6. The third-order valence-electron chi connectivity index (χ3n) is 5.64. The number of hydrogen-bond acceptors (Lipinski definition) is 5. The number of aromatic nitrogens is 3. The van der Waals surface area contributed by atoms with Crippen molar-refractivity contribution in [3.63, 3.8) is 0 Å². The largest absolute Gasteiger partial charge is 0.481 e. The number of H-pyrrole nitrogens is 1. The maximum atomic E-state index is 13.6. The molecule has 1 aliphatic heterocycles. The number of carboxylic acid groups (broad SMARTS) is 1. The van der Waals surface area contributed by atoms with Crippen molar-refractivity contribution in [2.24, 2.45) is 0 Å². The molecule has 1 aliphatic rings. The highest BCUT2D eigenvalue weighted by molar-refractivity contribution is 6.36. The summed E-state index contributed by atoms with van der Waals surface area (Å²) in [4.78, 5) is 37.3. The van der Waals surface area contributed by atoms with Crippen LogP contribution in [0.1, 0.15) is 34.5 Å². The number of benzene rings is 1. The van der Waals surface area contributed by atoms with Crippen molar-refractivity contribution in [1.29, 1.82) is 0 Å². The van der Waals surface area contributed by atoms with Crippen molar-refractivity contribution in [2.75, 3.05) is 17.3 Å². The predicted octanol–water partition coefficient (Wildman–Crippen LogP) is 4.49. The Morgan fingerprint density at radius 2 is 2.09 bits per heavy atom. The molecule has 4 rings (SSSR count). The second-order valence-corrected chi connectivity index (χ2v) is 8.17. The molecule has 2 aromatic heterocycles. The Bertz CT molecular complexity index is 1320. The van der Waals surface area contributed by atoms with Gasteiger partial charge in [0.15, 0.2) is 0 Å². The molecule has 170 valence electrons. The van der Waals surface area contributed by atoms with Gasteiger partial charge in [-0.15, -0.1) is 0 Å². The van der Waals surface area contributed by atoms with Gasteiger partial charge in [0.2, 0.25) is 0 Å². The van der Waals surface area contributed by atoms with Gasteiger partial charge in [0.25, 0.3) is 5.91 Å². The second kappa shape index (κ2) is 8.67. The Balaban J connectivity index is 1.78. The Labute approximate surface area is 194 Å². The van der Waals surface area contributed by atoms with E-state index in [1.807, 2.05) is 13.8 Å². The fourth-order valence-corrected chi connectivity index (χ4v) is 4.09. The summed E-state index contributed by atoms with van der Waals surface area (Å²) in [7, 11) is 1.62. The molecule has 0 radical (unpaired) electrons. The minimum atomic E-state index is -0.870. The quantitative estimate of drug-likeness (QED) is 0.458. The van der Waals surface area contributed by atoms with Crippen LogP contribution >= 0.6 is 11.6 Å². The molecular formula is C23H21ClFN5O3. The second-order valence-electron chi connectivity index (χ2n) is 7.76. The molecule has 3 aromatic rings. The van der Waals surface area contributed by atoms with Crippen LogP contribution in [0.4, 0.5) is 21.7 Å². The maximum Gasteiger partial charge on any atom is 0.303 e. The number of hydrogen-bond donors (Lipinski definition) is 3. The number of amides is 1. The number of carboxylic acids is 1. The maximum absolute atomic E-state index is 13.6. The van der Waals surface area contributed by atoms with E-state index in [1.165, 1.54) is 29.4 Å². The van der Waals surface area contributed by atoms with Gasteiger partial charge >= 0.3 is 5.97 Å². The molecule has 1 aromatic carbocycles. The summed E-state index contributed by atoms with van der Waals surface area (Å²) in [5.41, 5.74) is 4.72. The highest BCUT2D eigenvalue weighted by Gasteiger charge is 2.34. The molecule has 8 nitrogen and oxygen atoms in total. The number of carbonyl (C=O) groups excluding carboxylic acids is 1. The topological polar surface area (TPSA) is 111 Å². The first-order valence-corrected chi connectivity index (χ1v) is 10.5. The average Bonchev–Trinajstić information content (AvgIpc) is 3.17. The van der Waals surface area contributed by atoms with Gasteiger partial charge in [0, 0.05) is 30.5 Å². The summed E-state index contributed by atoms with van der Waals surface area (Å²) >= 11 is 5.90. The summed E-state index contributed by atoms with van der Waals surface area (Å²) in [6.07, 6.45) is 3.47. The number of aliphatic carboxylic acids is 1. The van der Waals surface area contributed by atoms with Crippen molar-refractivity contribution < 1.29 is 19.1 Å². The first kappa shape index (κ1) is 22.5. The molecular weight excluding hydrogens is 449 g/mol. The molecule has 1 amide bonds. The van der Waals surface area contributed by atoms with E-state index in [9.17, 15) is 14.0 Å². The number of nitrogens with one attached hydrogen (secondary N) is 2. The number of carbonyl (C=O) groups is 2. The van der Waals surface area contributed by atoms with E-state index in [1.54, 1.807) is 13.1 Å². The van der Waals surface area contributed by atoms with Crippen molar-refractivity contribution in [3.05, 3.63) is 63.4 Å². The van der Waals surface area contributed by atoms with Gasteiger partial charge in [-0.05, 0) is 55.7 Å². The van der Waals surface area contributed by atoms with E-state index in [0.717, 1.165) is 16.8 Å². The molecule has 3 N–H and O–H groups in total. The van der Waals surface area contributed by atoms with Crippen LogP contribution in [0.3, 0.4) is 0 Å². The minimum Gasteiger partial charge on any atom is -0.481 e. The Morgan fingerprint density at radius 3 is 2.79 bits per heavy atom. The van der Waals surface area contributed by atoms with E-state index >= 15 is 0 Å². The van der Waals surface area contributed by atoms with Crippen LogP contribution in [-0.4, -0.2) is 39.0 Å². The Hall–Kier alpha value is -3.72. The van der Waals surface area contributed by atoms with Crippen LogP contribution in [0.25, 0.3) is 11.6 Å². The van der Waals surface area contributed by atoms with Gasteiger partial charge in [0.1, 0.15) is 23.8 Å². The number of aromatic amines is 1. The zero-order valence-electron chi connectivity index (χ0n) is 18.2. The van der Waals surface area contributed by atoms with Gasteiger partial charge in [-0.3, -0.25) is 14.5 Å². The van der Waals surface area contributed by atoms with E-state index in [-0.39, 0.29) is 17.4 Å². The molecule has 0 atom stereocenters. The molecule has 10 heteroatoms. The molecule has 0 spiro atoms. The number of aryl methyl sites for hydroxylation is 1. The van der Waals surface area contributed by atoms with Crippen molar-refractivity contribution >= 4 is 52.4 Å². The molecule has 0 saturated carbocycles. The first-order valence-electron chi connectivity index (χ1n) is 10.1. The Kier molecular flexibility index (Phi) is 5.90. The standard InChI is InChI=1S/C23H21ClFN5O3/c1-11-14(5-7-19(31)32)12(2)28-18(11)9-15-20-21(26-10-27-22(20)30(3)23(15)33)29-13-4-6-17(25)16(24)8-13/h4,6,8-10,28H,5,7H2,1-3H3,(H,31,32)(H,26,27,29).